The lowest BCUT2D eigenvalue weighted by Crippen LogP contribution is -2.12. The lowest BCUT2D eigenvalue weighted by molar-refractivity contribution is -0.133. The van der Waals surface area contributed by atoms with Crippen molar-refractivity contribution in [2.75, 3.05) is 12.0 Å². The minimum atomic E-state index is -0.843. The van der Waals surface area contributed by atoms with Gasteiger partial charge in [-0.1, -0.05) is 11.8 Å². The highest BCUT2D eigenvalue weighted by atomic mass is 32.2. The number of aliphatic imine (C=N–C) groups is 1. The van der Waals surface area contributed by atoms with Crippen molar-refractivity contribution >= 4 is 40.3 Å². The summed E-state index contributed by atoms with van der Waals surface area (Å²) in [7, 11) is 0. The highest BCUT2D eigenvalue weighted by Crippen LogP contribution is 2.22. The summed E-state index contributed by atoms with van der Waals surface area (Å²) in [6, 6.07) is 7.16. The second-order valence-corrected chi connectivity index (χ2v) is 4.88. The fourth-order valence-corrected chi connectivity index (χ4v) is 2.01. The van der Waals surface area contributed by atoms with Crippen LogP contribution in [0.2, 0.25) is 0 Å². The van der Waals surface area contributed by atoms with Gasteiger partial charge < -0.3 is 5.11 Å². The van der Waals surface area contributed by atoms with Gasteiger partial charge in [-0.05, 0) is 30.5 Å². The number of carboxylic acid groups (broad SMARTS) is 1. The van der Waals surface area contributed by atoms with Crippen LogP contribution in [0.1, 0.15) is 0 Å². The monoisotopic (exact) mass is 281 g/mol. The molecule has 0 amide bonds. The molecule has 0 bridgehead atoms. The molecule has 0 atom stereocenters. The third-order valence-corrected chi connectivity index (χ3v) is 3.36. The van der Waals surface area contributed by atoms with E-state index in [-0.39, 0.29) is 5.75 Å². The van der Waals surface area contributed by atoms with Crippen molar-refractivity contribution in [1.29, 1.82) is 5.26 Å². The molecule has 1 aromatic rings. The van der Waals surface area contributed by atoms with Crippen LogP contribution in [0, 0.1) is 11.5 Å². The third kappa shape index (κ3) is 5.12. The molecule has 0 aliphatic rings. The van der Waals surface area contributed by atoms with Crippen LogP contribution in [0.15, 0.2) is 34.2 Å². The topological polar surface area (TPSA) is 85.5 Å². The molecule has 1 rings (SSSR count). The number of carbonyl (C=O) groups is 1. The molecule has 0 spiro atoms. The first kappa shape index (κ1) is 14.4. The average Bonchev–Trinajstić information content (AvgIpc) is 2.37. The molecule has 7 heteroatoms. The molecule has 2 N–H and O–H groups in total. The Morgan fingerprint density at radius 1 is 1.50 bits per heavy atom. The lowest BCUT2D eigenvalue weighted by atomic mass is 10.3. The first-order valence-electron chi connectivity index (χ1n) is 4.88. The number of nitrogens with one attached hydrogen (secondary N) is 1. The Morgan fingerprint density at radius 3 is 2.67 bits per heavy atom. The SMILES string of the molecule is CSC(=Nc1ccc(SCC(=O)O)cc1)NC#N. The summed E-state index contributed by atoms with van der Waals surface area (Å²) in [5.74, 6) is -0.806. The number of thioether (sulfide) groups is 2. The van der Waals surface area contributed by atoms with E-state index in [1.54, 1.807) is 24.3 Å². The Bertz CT molecular complexity index is 480. The van der Waals surface area contributed by atoms with Gasteiger partial charge in [-0.15, -0.1) is 11.8 Å². The molecule has 0 unspecified atom stereocenters. The summed E-state index contributed by atoms with van der Waals surface area (Å²) >= 11 is 2.59. The van der Waals surface area contributed by atoms with Crippen LogP contribution in [-0.2, 0) is 4.79 Å². The number of amidine groups is 1. The lowest BCUT2D eigenvalue weighted by Gasteiger charge is -2.01. The van der Waals surface area contributed by atoms with Crippen LogP contribution >= 0.6 is 23.5 Å². The third-order valence-electron chi connectivity index (χ3n) is 1.79. The number of aliphatic carboxylic acids is 1. The van der Waals surface area contributed by atoms with E-state index < -0.39 is 5.97 Å². The van der Waals surface area contributed by atoms with E-state index >= 15 is 0 Å². The van der Waals surface area contributed by atoms with Crippen LogP contribution in [-0.4, -0.2) is 28.3 Å². The van der Waals surface area contributed by atoms with Crippen molar-refractivity contribution in [2.45, 2.75) is 4.90 Å². The van der Waals surface area contributed by atoms with Crippen LogP contribution in [0.5, 0.6) is 0 Å². The minimum absolute atomic E-state index is 0.0364. The summed E-state index contributed by atoms with van der Waals surface area (Å²) in [6.45, 7) is 0. The summed E-state index contributed by atoms with van der Waals surface area (Å²) in [5.41, 5.74) is 0.710. The molecular weight excluding hydrogens is 270 g/mol. The smallest absolute Gasteiger partial charge is 0.313 e. The van der Waals surface area contributed by atoms with Gasteiger partial charge in [-0.2, -0.15) is 5.26 Å². The first-order chi connectivity index (χ1) is 8.65. The van der Waals surface area contributed by atoms with E-state index in [0.717, 1.165) is 4.90 Å². The fourth-order valence-electron chi connectivity index (χ4n) is 1.05. The van der Waals surface area contributed by atoms with Crippen molar-refractivity contribution in [2.24, 2.45) is 4.99 Å². The van der Waals surface area contributed by atoms with Crippen molar-refractivity contribution in [3.05, 3.63) is 24.3 Å². The fraction of sp³-hybridized carbons (Fsp3) is 0.182. The summed E-state index contributed by atoms with van der Waals surface area (Å²) in [5, 5.41) is 20.0. The molecular formula is C11H11N3O2S2. The van der Waals surface area contributed by atoms with Crippen molar-refractivity contribution in [3.8, 4) is 6.19 Å². The van der Waals surface area contributed by atoms with Gasteiger partial charge in [0.25, 0.3) is 0 Å². The Balaban J connectivity index is 2.70. The Labute approximate surface area is 113 Å². The maximum absolute atomic E-state index is 10.4. The van der Waals surface area contributed by atoms with Gasteiger partial charge in [0.05, 0.1) is 11.4 Å². The molecule has 0 aliphatic carbocycles. The minimum Gasteiger partial charge on any atom is -0.481 e. The standard InChI is InChI=1S/C11H11N3O2S2/c1-17-11(13-7-12)14-8-2-4-9(5-3-8)18-6-10(15)16/h2-5H,6H2,1H3,(H,13,14)(H,15,16). The number of hydrogen-bond donors (Lipinski definition) is 2. The Kier molecular flexibility index (Phi) is 6.11. The quantitative estimate of drug-likeness (QED) is 0.289. The first-order valence-corrected chi connectivity index (χ1v) is 7.09. The molecule has 0 saturated carbocycles. The summed E-state index contributed by atoms with van der Waals surface area (Å²) in [4.78, 5) is 15.5. The number of nitrogens with zero attached hydrogens (tertiary/aromatic N) is 2. The van der Waals surface area contributed by atoms with Gasteiger partial charge in [0.1, 0.15) is 0 Å². The van der Waals surface area contributed by atoms with E-state index in [1.807, 2.05) is 12.4 Å². The number of hydrogen-bond acceptors (Lipinski definition) is 5. The van der Waals surface area contributed by atoms with E-state index in [4.69, 9.17) is 10.4 Å². The van der Waals surface area contributed by atoms with Crippen molar-refractivity contribution in [1.82, 2.24) is 5.32 Å². The van der Waals surface area contributed by atoms with E-state index in [9.17, 15) is 4.79 Å². The van der Waals surface area contributed by atoms with Gasteiger partial charge in [0.2, 0.25) is 0 Å². The second kappa shape index (κ2) is 7.63. The predicted molar refractivity (Wildman–Crippen MR) is 74.2 cm³/mol. The Morgan fingerprint density at radius 2 is 2.17 bits per heavy atom. The Hall–Kier alpha value is -1.65. The van der Waals surface area contributed by atoms with Gasteiger partial charge in [0, 0.05) is 4.90 Å². The second-order valence-electron chi connectivity index (χ2n) is 3.03. The normalized spacial score (nSPS) is 10.8. The molecule has 5 nitrogen and oxygen atoms in total. The number of benzene rings is 1. The molecule has 0 heterocycles. The maximum atomic E-state index is 10.4. The predicted octanol–water partition coefficient (Wildman–Crippen LogP) is 2.28. The number of rotatable bonds is 4. The molecule has 94 valence electrons. The van der Waals surface area contributed by atoms with Gasteiger partial charge >= 0.3 is 5.97 Å². The summed E-state index contributed by atoms with van der Waals surface area (Å²) < 4.78 is 0. The van der Waals surface area contributed by atoms with E-state index in [0.29, 0.717) is 10.9 Å². The molecule has 0 aliphatic heterocycles. The van der Waals surface area contributed by atoms with E-state index in [1.165, 1.54) is 23.5 Å². The molecule has 1 aromatic carbocycles. The zero-order valence-electron chi connectivity index (χ0n) is 9.58. The van der Waals surface area contributed by atoms with Gasteiger partial charge in [-0.25, -0.2) is 4.99 Å². The summed E-state index contributed by atoms with van der Waals surface area (Å²) in [6.07, 6.45) is 3.63. The molecule has 18 heavy (non-hydrogen) atoms. The van der Waals surface area contributed by atoms with Crippen LogP contribution in [0.25, 0.3) is 0 Å². The highest BCUT2D eigenvalue weighted by molar-refractivity contribution is 8.13. The van der Waals surface area contributed by atoms with Crippen LogP contribution in [0.4, 0.5) is 5.69 Å². The van der Waals surface area contributed by atoms with Crippen molar-refractivity contribution in [3.63, 3.8) is 0 Å². The van der Waals surface area contributed by atoms with Crippen LogP contribution < -0.4 is 5.32 Å². The van der Waals surface area contributed by atoms with Gasteiger partial charge in [-0.3, -0.25) is 10.1 Å². The highest BCUT2D eigenvalue weighted by Gasteiger charge is 2.00. The molecule has 0 fully saturated rings. The molecule has 0 saturated heterocycles. The average molecular weight is 281 g/mol. The van der Waals surface area contributed by atoms with E-state index in [2.05, 4.69) is 10.3 Å². The van der Waals surface area contributed by atoms with Crippen LogP contribution in [0.3, 0.4) is 0 Å². The molecule has 0 aromatic heterocycles. The van der Waals surface area contributed by atoms with Gasteiger partial charge in [0.15, 0.2) is 11.4 Å². The van der Waals surface area contributed by atoms with Crippen molar-refractivity contribution < 1.29 is 9.90 Å². The number of nitriles is 1. The zero-order valence-corrected chi connectivity index (χ0v) is 11.2. The maximum Gasteiger partial charge on any atom is 0.313 e. The molecule has 0 radical (unpaired) electrons. The zero-order chi connectivity index (χ0) is 13.4. The largest absolute Gasteiger partial charge is 0.481 e. The number of carboxylic acids is 1.